The van der Waals surface area contributed by atoms with Gasteiger partial charge in [-0.3, -0.25) is 4.79 Å². The van der Waals surface area contributed by atoms with Gasteiger partial charge in [0.1, 0.15) is 0 Å². The highest BCUT2D eigenvalue weighted by Gasteiger charge is 2.35. The standard InChI is InChI=1S/C16H19N3O2/c1-3-5-14-17-16(21-18-14)12-9-15(20)19(10-12)13-7-4-6-11(2)8-13/h4,6-8,12H,3,5,9-10H2,1-2H3. The predicted molar refractivity (Wildman–Crippen MR) is 79.2 cm³/mol. The molecule has 1 fully saturated rings. The summed E-state index contributed by atoms with van der Waals surface area (Å²) in [5, 5.41) is 3.97. The summed E-state index contributed by atoms with van der Waals surface area (Å²) in [6.07, 6.45) is 2.23. The third kappa shape index (κ3) is 2.82. The molecule has 0 bridgehead atoms. The van der Waals surface area contributed by atoms with Crippen LogP contribution in [0, 0.1) is 6.92 Å². The Hall–Kier alpha value is -2.17. The summed E-state index contributed by atoms with van der Waals surface area (Å²) in [5.74, 6) is 1.42. The van der Waals surface area contributed by atoms with Crippen molar-refractivity contribution in [2.75, 3.05) is 11.4 Å². The topological polar surface area (TPSA) is 59.2 Å². The van der Waals surface area contributed by atoms with Crippen LogP contribution >= 0.6 is 0 Å². The first-order valence-electron chi connectivity index (χ1n) is 7.37. The maximum Gasteiger partial charge on any atom is 0.232 e. The van der Waals surface area contributed by atoms with Crippen LogP contribution in [0.2, 0.25) is 0 Å². The Balaban J connectivity index is 1.77. The molecule has 1 aromatic carbocycles. The number of hydrogen-bond acceptors (Lipinski definition) is 4. The van der Waals surface area contributed by atoms with E-state index in [2.05, 4.69) is 17.1 Å². The second kappa shape index (κ2) is 5.68. The number of anilines is 1. The first kappa shape index (κ1) is 13.8. The van der Waals surface area contributed by atoms with Crippen LogP contribution in [0.5, 0.6) is 0 Å². The molecule has 1 unspecified atom stereocenters. The molecular formula is C16H19N3O2. The van der Waals surface area contributed by atoms with E-state index in [1.807, 2.05) is 31.2 Å². The normalized spacial score (nSPS) is 18.5. The molecule has 5 heteroatoms. The molecule has 1 aliphatic heterocycles. The van der Waals surface area contributed by atoms with E-state index in [0.717, 1.165) is 29.9 Å². The molecule has 1 saturated heterocycles. The van der Waals surface area contributed by atoms with Crippen LogP contribution in [-0.2, 0) is 11.2 Å². The fourth-order valence-electron chi connectivity index (χ4n) is 2.68. The highest BCUT2D eigenvalue weighted by atomic mass is 16.5. The summed E-state index contributed by atoms with van der Waals surface area (Å²) in [6.45, 7) is 4.71. The van der Waals surface area contributed by atoms with Gasteiger partial charge in [-0.05, 0) is 31.0 Å². The number of hydrogen-bond donors (Lipinski definition) is 0. The zero-order chi connectivity index (χ0) is 14.8. The Kier molecular flexibility index (Phi) is 3.73. The van der Waals surface area contributed by atoms with Crippen molar-refractivity contribution in [1.82, 2.24) is 10.1 Å². The largest absolute Gasteiger partial charge is 0.339 e. The highest BCUT2D eigenvalue weighted by molar-refractivity contribution is 5.96. The Morgan fingerprint density at radius 2 is 2.29 bits per heavy atom. The Labute approximate surface area is 124 Å². The van der Waals surface area contributed by atoms with Crippen molar-refractivity contribution in [2.24, 2.45) is 0 Å². The summed E-state index contributed by atoms with van der Waals surface area (Å²) < 4.78 is 5.32. The van der Waals surface area contributed by atoms with Crippen molar-refractivity contribution >= 4 is 11.6 Å². The van der Waals surface area contributed by atoms with E-state index < -0.39 is 0 Å². The summed E-state index contributed by atoms with van der Waals surface area (Å²) in [6, 6.07) is 7.98. The first-order valence-corrected chi connectivity index (χ1v) is 7.37. The van der Waals surface area contributed by atoms with Crippen LogP contribution in [0.15, 0.2) is 28.8 Å². The molecule has 1 aliphatic rings. The molecule has 0 N–H and O–H groups in total. The summed E-state index contributed by atoms with van der Waals surface area (Å²) in [7, 11) is 0. The minimum Gasteiger partial charge on any atom is -0.339 e. The van der Waals surface area contributed by atoms with Crippen LogP contribution in [0.3, 0.4) is 0 Å². The number of nitrogens with zero attached hydrogens (tertiary/aromatic N) is 3. The number of aryl methyl sites for hydroxylation is 2. The minimum atomic E-state index is -0.00359. The van der Waals surface area contributed by atoms with E-state index in [9.17, 15) is 4.79 Å². The average Bonchev–Trinajstić information content (AvgIpc) is 3.06. The smallest absolute Gasteiger partial charge is 0.232 e. The molecule has 21 heavy (non-hydrogen) atoms. The van der Waals surface area contributed by atoms with Crippen molar-refractivity contribution < 1.29 is 9.32 Å². The number of benzene rings is 1. The lowest BCUT2D eigenvalue weighted by Gasteiger charge is -2.16. The number of amides is 1. The van der Waals surface area contributed by atoms with Crippen LogP contribution < -0.4 is 4.90 Å². The van der Waals surface area contributed by atoms with E-state index in [0.29, 0.717) is 18.9 Å². The Bertz CT molecular complexity index is 650. The van der Waals surface area contributed by atoms with Crippen molar-refractivity contribution in [3.8, 4) is 0 Å². The summed E-state index contributed by atoms with van der Waals surface area (Å²) in [4.78, 5) is 18.5. The van der Waals surface area contributed by atoms with E-state index in [1.165, 1.54) is 0 Å². The third-order valence-corrected chi connectivity index (χ3v) is 3.75. The molecule has 3 rings (SSSR count). The van der Waals surface area contributed by atoms with Gasteiger partial charge in [-0.25, -0.2) is 0 Å². The molecule has 0 spiro atoms. The Morgan fingerprint density at radius 3 is 3.05 bits per heavy atom. The van der Waals surface area contributed by atoms with Crippen molar-refractivity contribution in [3.63, 3.8) is 0 Å². The van der Waals surface area contributed by atoms with E-state index in [-0.39, 0.29) is 11.8 Å². The highest BCUT2D eigenvalue weighted by Crippen LogP contribution is 2.31. The molecule has 0 saturated carbocycles. The van der Waals surface area contributed by atoms with Gasteiger partial charge in [0.25, 0.3) is 0 Å². The number of rotatable bonds is 4. The van der Waals surface area contributed by atoms with Crippen LogP contribution in [-0.4, -0.2) is 22.6 Å². The third-order valence-electron chi connectivity index (χ3n) is 3.75. The quantitative estimate of drug-likeness (QED) is 0.866. The molecule has 0 aliphatic carbocycles. The zero-order valence-electron chi connectivity index (χ0n) is 12.4. The zero-order valence-corrected chi connectivity index (χ0v) is 12.4. The molecule has 110 valence electrons. The molecule has 2 heterocycles. The number of carbonyl (C=O) groups is 1. The SMILES string of the molecule is CCCc1noc(C2CC(=O)N(c3cccc(C)c3)C2)n1. The van der Waals surface area contributed by atoms with Gasteiger partial charge >= 0.3 is 0 Å². The van der Waals surface area contributed by atoms with E-state index in [1.54, 1.807) is 4.90 Å². The van der Waals surface area contributed by atoms with Gasteiger partial charge in [0, 0.05) is 25.1 Å². The maximum absolute atomic E-state index is 12.2. The summed E-state index contributed by atoms with van der Waals surface area (Å²) >= 11 is 0. The van der Waals surface area contributed by atoms with Gasteiger partial charge in [-0.1, -0.05) is 24.2 Å². The van der Waals surface area contributed by atoms with Gasteiger partial charge in [-0.2, -0.15) is 4.98 Å². The minimum absolute atomic E-state index is 0.00359. The molecule has 2 aromatic rings. The molecule has 1 atom stereocenters. The van der Waals surface area contributed by atoms with Crippen LogP contribution in [0.1, 0.15) is 43.0 Å². The van der Waals surface area contributed by atoms with Gasteiger partial charge in [0.2, 0.25) is 11.8 Å². The van der Waals surface area contributed by atoms with Gasteiger partial charge in [-0.15, -0.1) is 0 Å². The van der Waals surface area contributed by atoms with Crippen molar-refractivity contribution in [3.05, 3.63) is 41.5 Å². The van der Waals surface area contributed by atoms with Gasteiger partial charge in [0.05, 0.1) is 5.92 Å². The predicted octanol–water partition coefficient (Wildman–Crippen LogP) is 2.85. The number of aromatic nitrogens is 2. The molecule has 1 aromatic heterocycles. The molecule has 0 radical (unpaired) electrons. The summed E-state index contributed by atoms with van der Waals surface area (Å²) in [5.41, 5.74) is 2.09. The molecule has 5 nitrogen and oxygen atoms in total. The van der Waals surface area contributed by atoms with E-state index >= 15 is 0 Å². The Morgan fingerprint density at radius 1 is 1.43 bits per heavy atom. The fourth-order valence-corrected chi connectivity index (χ4v) is 2.68. The van der Waals surface area contributed by atoms with Crippen LogP contribution in [0.25, 0.3) is 0 Å². The fraction of sp³-hybridized carbons (Fsp3) is 0.438. The second-order valence-electron chi connectivity index (χ2n) is 5.54. The molecular weight excluding hydrogens is 266 g/mol. The van der Waals surface area contributed by atoms with E-state index in [4.69, 9.17) is 4.52 Å². The second-order valence-corrected chi connectivity index (χ2v) is 5.54. The average molecular weight is 285 g/mol. The van der Waals surface area contributed by atoms with Crippen LogP contribution in [0.4, 0.5) is 5.69 Å². The first-order chi connectivity index (χ1) is 10.2. The lowest BCUT2D eigenvalue weighted by molar-refractivity contribution is -0.117. The van der Waals surface area contributed by atoms with Gasteiger partial charge in [0.15, 0.2) is 5.82 Å². The maximum atomic E-state index is 12.2. The lowest BCUT2D eigenvalue weighted by Crippen LogP contribution is -2.24. The lowest BCUT2D eigenvalue weighted by atomic mass is 10.1. The molecule has 1 amide bonds. The monoisotopic (exact) mass is 285 g/mol. The van der Waals surface area contributed by atoms with Gasteiger partial charge < -0.3 is 9.42 Å². The van der Waals surface area contributed by atoms with Crippen molar-refractivity contribution in [1.29, 1.82) is 0 Å². The number of carbonyl (C=O) groups excluding carboxylic acids is 1. The van der Waals surface area contributed by atoms with Crippen molar-refractivity contribution in [2.45, 2.75) is 39.0 Å².